The first-order valence-electron chi connectivity index (χ1n) is 8.33. The maximum Gasteiger partial charge on any atom is 0.460 e. The SMILES string of the molecule is CN(C)c1ccccc1C(C)(O)CC(F)(F)C(F)(F)C(F)(F)C(F)(F)C(F)(F)C(F)(F)F. The molecule has 0 saturated heterocycles. The van der Waals surface area contributed by atoms with Gasteiger partial charge >= 0.3 is 35.8 Å². The van der Waals surface area contributed by atoms with E-state index < -0.39 is 53.4 Å². The van der Waals surface area contributed by atoms with E-state index in [1.807, 2.05) is 0 Å². The molecule has 0 bridgehead atoms. The van der Waals surface area contributed by atoms with Crippen molar-refractivity contribution in [2.75, 3.05) is 19.0 Å². The van der Waals surface area contributed by atoms with Crippen molar-refractivity contribution in [3.63, 3.8) is 0 Å². The fraction of sp³-hybridized carbons (Fsp3) is 0.647. The zero-order valence-corrected chi connectivity index (χ0v) is 16.3. The van der Waals surface area contributed by atoms with E-state index in [1.54, 1.807) is 0 Å². The van der Waals surface area contributed by atoms with Gasteiger partial charge in [-0.3, -0.25) is 0 Å². The van der Waals surface area contributed by atoms with Crippen LogP contribution in [0.1, 0.15) is 18.9 Å². The second kappa shape index (κ2) is 7.83. The van der Waals surface area contributed by atoms with Crippen LogP contribution in [0.25, 0.3) is 0 Å². The summed E-state index contributed by atoms with van der Waals surface area (Å²) in [7, 11) is 2.60. The topological polar surface area (TPSA) is 23.5 Å². The molecule has 0 aliphatic carbocycles. The van der Waals surface area contributed by atoms with Crippen LogP contribution in [0.3, 0.4) is 0 Å². The molecule has 0 aromatic heterocycles. The average Bonchev–Trinajstić information content (AvgIpc) is 2.59. The Morgan fingerprint density at radius 2 is 1.09 bits per heavy atom. The van der Waals surface area contributed by atoms with Gasteiger partial charge < -0.3 is 10.0 Å². The summed E-state index contributed by atoms with van der Waals surface area (Å²) in [5, 5.41) is 10.3. The molecule has 0 aliphatic rings. The number of halogens is 13. The Labute approximate surface area is 172 Å². The molecule has 15 heteroatoms. The summed E-state index contributed by atoms with van der Waals surface area (Å²) in [4.78, 5) is 1.17. The van der Waals surface area contributed by atoms with Crippen LogP contribution < -0.4 is 4.90 Å². The Balaban J connectivity index is 3.52. The lowest BCUT2D eigenvalue weighted by Crippen LogP contribution is -2.70. The van der Waals surface area contributed by atoms with Gasteiger partial charge in [0.1, 0.15) is 0 Å². The van der Waals surface area contributed by atoms with Crippen molar-refractivity contribution in [2.24, 2.45) is 0 Å². The highest BCUT2D eigenvalue weighted by Crippen LogP contribution is 2.61. The van der Waals surface area contributed by atoms with Crippen molar-refractivity contribution < 1.29 is 62.2 Å². The van der Waals surface area contributed by atoms with E-state index in [-0.39, 0.29) is 5.69 Å². The number of nitrogens with zero attached hydrogens (tertiary/aromatic N) is 1. The lowest BCUT2D eigenvalue weighted by molar-refractivity contribution is -0.441. The van der Waals surface area contributed by atoms with Gasteiger partial charge in [0.25, 0.3) is 0 Å². The Kier molecular flexibility index (Phi) is 6.88. The van der Waals surface area contributed by atoms with Gasteiger partial charge in [-0.05, 0) is 13.0 Å². The quantitative estimate of drug-likeness (QED) is 0.440. The molecule has 1 unspecified atom stereocenters. The van der Waals surface area contributed by atoms with Crippen LogP contribution >= 0.6 is 0 Å². The fourth-order valence-corrected chi connectivity index (χ4v) is 2.76. The molecule has 1 aromatic rings. The summed E-state index contributed by atoms with van der Waals surface area (Å²) < 4.78 is 172. The van der Waals surface area contributed by atoms with E-state index in [0.717, 1.165) is 12.1 Å². The van der Waals surface area contributed by atoms with Crippen LogP contribution in [0.2, 0.25) is 0 Å². The average molecular weight is 497 g/mol. The molecule has 0 saturated carbocycles. The third kappa shape index (κ3) is 4.19. The molecule has 32 heavy (non-hydrogen) atoms. The Morgan fingerprint density at radius 1 is 0.688 bits per heavy atom. The van der Waals surface area contributed by atoms with Gasteiger partial charge in [0.15, 0.2) is 0 Å². The normalized spacial score (nSPS) is 16.7. The van der Waals surface area contributed by atoms with Crippen LogP contribution in [0, 0.1) is 0 Å². The van der Waals surface area contributed by atoms with Crippen molar-refractivity contribution in [1.29, 1.82) is 0 Å². The maximum absolute atomic E-state index is 14.2. The van der Waals surface area contributed by atoms with Gasteiger partial charge in [0, 0.05) is 25.3 Å². The molecule has 186 valence electrons. The number of anilines is 1. The van der Waals surface area contributed by atoms with Crippen LogP contribution in [-0.4, -0.2) is 55.0 Å². The van der Waals surface area contributed by atoms with Gasteiger partial charge in [-0.2, -0.15) is 57.1 Å². The van der Waals surface area contributed by atoms with Crippen LogP contribution in [0.5, 0.6) is 0 Å². The summed E-state index contributed by atoms with van der Waals surface area (Å²) in [6, 6.07) is 4.48. The minimum Gasteiger partial charge on any atom is -0.385 e. The van der Waals surface area contributed by atoms with Gasteiger partial charge in [0.2, 0.25) is 0 Å². The molecule has 2 nitrogen and oxygen atoms in total. The summed E-state index contributed by atoms with van der Waals surface area (Å²) in [5.74, 6) is -37.5. The number of para-hydroxylation sites is 1. The number of hydrogen-bond donors (Lipinski definition) is 1. The third-order valence-corrected chi connectivity index (χ3v) is 4.53. The lowest BCUT2D eigenvalue weighted by atomic mass is 9.83. The van der Waals surface area contributed by atoms with Crippen LogP contribution in [0.15, 0.2) is 24.3 Å². The standard InChI is InChI=1S/C17H16F13NO/c1-11(32,9-6-4-5-7-10(9)31(2)3)8-12(18,19)13(20,21)14(22,23)15(24,25)16(26,27)17(28,29)30/h4-7,32H,8H2,1-3H3. The highest BCUT2D eigenvalue weighted by atomic mass is 19.4. The molecular weight excluding hydrogens is 481 g/mol. The summed E-state index contributed by atoms with van der Waals surface area (Å²) in [6.07, 6.45) is -10.2. The molecule has 0 amide bonds. The van der Waals surface area contributed by atoms with Crippen molar-refractivity contribution in [2.45, 2.75) is 54.7 Å². The largest absolute Gasteiger partial charge is 0.460 e. The first-order valence-corrected chi connectivity index (χ1v) is 8.33. The molecule has 0 spiro atoms. The summed E-state index contributed by atoms with van der Waals surface area (Å²) in [5.41, 5.74) is -3.82. The lowest BCUT2D eigenvalue weighted by Gasteiger charge is -2.41. The van der Waals surface area contributed by atoms with E-state index in [0.29, 0.717) is 6.92 Å². The minimum absolute atomic E-state index is 0.0997. The van der Waals surface area contributed by atoms with Gasteiger partial charge in [-0.15, -0.1) is 0 Å². The van der Waals surface area contributed by atoms with Gasteiger partial charge in [0.05, 0.1) is 12.0 Å². The minimum atomic E-state index is -7.97. The summed E-state index contributed by atoms with van der Waals surface area (Å²) in [6.45, 7) is 0.417. The van der Waals surface area contributed by atoms with E-state index in [9.17, 15) is 62.2 Å². The molecular formula is C17H16F13NO. The number of alkyl halides is 13. The Bertz CT molecular complexity index is 815. The molecule has 1 rings (SSSR count). The van der Waals surface area contributed by atoms with E-state index >= 15 is 0 Å². The van der Waals surface area contributed by atoms with Crippen molar-refractivity contribution in [3.05, 3.63) is 29.8 Å². The number of rotatable bonds is 8. The second-order valence-electron chi connectivity index (χ2n) is 7.36. The monoisotopic (exact) mass is 497 g/mol. The highest BCUT2D eigenvalue weighted by molar-refractivity contribution is 5.55. The van der Waals surface area contributed by atoms with Crippen molar-refractivity contribution >= 4 is 5.69 Å². The zero-order valence-electron chi connectivity index (χ0n) is 16.3. The van der Waals surface area contributed by atoms with Crippen LogP contribution in [0.4, 0.5) is 62.8 Å². The van der Waals surface area contributed by atoms with E-state index in [1.165, 1.54) is 31.1 Å². The predicted octanol–water partition coefficient (Wildman–Crippen LogP) is 6.09. The third-order valence-electron chi connectivity index (χ3n) is 4.53. The summed E-state index contributed by atoms with van der Waals surface area (Å²) >= 11 is 0. The number of aliphatic hydroxyl groups is 1. The predicted molar refractivity (Wildman–Crippen MR) is 85.7 cm³/mol. The molecule has 0 heterocycles. The first-order chi connectivity index (χ1) is 13.9. The number of hydrogen-bond acceptors (Lipinski definition) is 2. The molecule has 1 N–H and O–H groups in total. The highest BCUT2D eigenvalue weighted by Gasteiger charge is 2.90. The molecule has 0 radical (unpaired) electrons. The van der Waals surface area contributed by atoms with E-state index in [4.69, 9.17) is 0 Å². The maximum atomic E-state index is 14.2. The fourth-order valence-electron chi connectivity index (χ4n) is 2.76. The first kappa shape index (κ1) is 28.1. The van der Waals surface area contributed by atoms with Gasteiger partial charge in [-0.1, -0.05) is 18.2 Å². The molecule has 1 aromatic carbocycles. The second-order valence-corrected chi connectivity index (χ2v) is 7.36. The van der Waals surface area contributed by atoms with Crippen LogP contribution in [-0.2, 0) is 5.60 Å². The number of benzene rings is 1. The smallest absolute Gasteiger partial charge is 0.385 e. The van der Waals surface area contributed by atoms with Gasteiger partial charge in [-0.25, -0.2) is 0 Å². The molecule has 0 fully saturated rings. The zero-order chi connectivity index (χ0) is 25.8. The van der Waals surface area contributed by atoms with E-state index in [2.05, 4.69) is 0 Å². The van der Waals surface area contributed by atoms with Crippen molar-refractivity contribution in [1.82, 2.24) is 0 Å². The molecule has 1 atom stereocenters. The Morgan fingerprint density at radius 3 is 1.50 bits per heavy atom. The Hall–Kier alpha value is -1.93. The molecule has 0 aliphatic heterocycles. The van der Waals surface area contributed by atoms with Crippen molar-refractivity contribution in [3.8, 4) is 0 Å².